The first kappa shape index (κ1) is 10.9. The Balaban J connectivity index is 1.99. The van der Waals surface area contributed by atoms with Gasteiger partial charge in [-0.15, -0.1) is 0 Å². The Kier molecular flexibility index (Phi) is 2.47. The predicted molar refractivity (Wildman–Crippen MR) is 79.4 cm³/mol. The molecule has 0 saturated carbocycles. The summed E-state index contributed by atoms with van der Waals surface area (Å²) in [5.41, 5.74) is 1.91. The van der Waals surface area contributed by atoms with Crippen LogP contribution in [0.2, 0.25) is 0 Å². The van der Waals surface area contributed by atoms with Gasteiger partial charge in [-0.3, -0.25) is 0 Å². The number of nitrogens with zero attached hydrogens (tertiary/aromatic N) is 2. The summed E-state index contributed by atoms with van der Waals surface area (Å²) in [6.07, 6.45) is 3.80. The third-order valence-corrected chi connectivity index (χ3v) is 5.57. The molecule has 0 radical (unpaired) electrons. The molecule has 0 spiro atoms. The fourth-order valence-corrected chi connectivity index (χ4v) is 4.61. The van der Waals surface area contributed by atoms with Crippen LogP contribution in [-0.2, 0) is 0 Å². The van der Waals surface area contributed by atoms with Gasteiger partial charge in [-0.2, -0.15) is 0 Å². The number of aromatic nitrogens is 2. The first-order chi connectivity index (χ1) is 9.42. The van der Waals surface area contributed by atoms with E-state index in [2.05, 4.69) is 40.3 Å². The SMILES string of the molecule is c1ccc(-c2cc3[se]c4ccccc4c3cn2)nc1. The first-order valence-corrected chi connectivity index (χ1v) is 7.82. The van der Waals surface area contributed by atoms with Crippen molar-refractivity contribution in [1.29, 1.82) is 0 Å². The van der Waals surface area contributed by atoms with E-state index in [1.165, 1.54) is 19.3 Å². The van der Waals surface area contributed by atoms with E-state index in [1.807, 2.05) is 30.6 Å². The molecule has 0 unspecified atom stereocenters. The van der Waals surface area contributed by atoms with Crippen molar-refractivity contribution >= 4 is 33.8 Å². The molecule has 3 heterocycles. The summed E-state index contributed by atoms with van der Waals surface area (Å²) >= 11 is 0.387. The van der Waals surface area contributed by atoms with Crippen molar-refractivity contribution < 1.29 is 0 Å². The number of fused-ring (bicyclic) bond motifs is 3. The van der Waals surface area contributed by atoms with E-state index >= 15 is 0 Å². The molecular formula is C16H10N2Se. The summed E-state index contributed by atoms with van der Waals surface area (Å²) in [5.74, 6) is 0. The summed E-state index contributed by atoms with van der Waals surface area (Å²) in [7, 11) is 0. The van der Waals surface area contributed by atoms with Gasteiger partial charge < -0.3 is 0 Å². The minimum absolute atomic E-state index is 0.387. The molecule has 0 aliphatic carbocycles. The molecule has 19 heavy (non-hydrogen) atoms. The fourth-order valence-electron chi connectivity index (χ4n) is 2.27. The summed E-state index contributed by atoms with van der Waals surface area (Å²) in [6, 6.07) is 16.7. The van der Waals surface area contributed by atoms with E-state index in [0.717, 1.165) is 11.4 Å². The average Bonchev–Trinajstić information content (AvgIpc) is 2.86. The zero-order valence-corrected chi connectivity index (χ0v) is 11.8. The molecule has 0 saturated heterocycles. The fraction of sp³-hybridized carbons (Fsp3) is 0. The number of hydrogen-bond acceptors (Lipinski definition) is 2. The van der Waals surface area contributed by atoms with Crippen LogP contribution in [0.25, 0.3) is 30.7 Å². The summed E-state index contributed by atoms with van der Waals surface area (Å²) < 4.78 is 2.86. The van der Waals surface area contributed by atoms with Crippen molar-refractivity contribution in [2.45, 2.75) is 0 Å². The molecule has 3 aromatic heterocycles. The number of pyridine rings is 2. The monoisotopic (exact) mass is 310 g/mol. The van der Waals surface area contributed by atoms with E-state index in [-0.39, 0.29) is 0 Å². The zero-order chi connectivity index (χ0) is 12.7. The van der Waals surface area contributed by atoms with Crippen LogP contribution in [0.3, 0.4) is 0 Å². The van der Waals surface area contributed by atoms with E-state index < -0.39 is 0 Å². The second-order valence-electron chi connectivity index (χ2n) is 4.38. The van der Waals surface area contributed by atoms with Gasteiger partial charge in [0.05, 0.1) is 0 Å². The topological polar surface area (TPSA) is 25.8 Å². The second kappa shape index (κ2) is 4.30. The van der Waals surface area contributed by atoms with Crippen LogP contribution >= 0.6 is 0 Å². The van der Waals surface area contributed by atoms with Crippen molar-refractivity contribution in [2.75, 3.05) is 0 Å². The molecular weight excluding hydrogens is 299 g/mol. The number of hydrogen-bond donors (Lipinski definition) is 0. The van der Waals surface area contributed by atoms with Gasteiger partial charge in [0.1, 0.15) is 0 Å². The van der Waals surface area contributed by atoms with Gasteiger partial charge >= 0.3 is 116 Å². The molecule has 0 N–H and O–H groups in total. The van der Waals surface area contributed by atoms with Crippen LogP contribution in [0.4, 0.5) is 0 Å². The van der Waals surface area contributed by atoms with Gasteiger partial charge in [0.2, 0.25) is 0 Å². The molecule has 0 fully saturated rings. The normalized spacial score (nSPS) is 11.2. The molecule has 0 aliphatic rings. The molecule has 0 amide bonds. The van der Waals surface area contributed by atoms with Gasteiger partial charge in [0, 0.05) is 0 Å². The molecule has 4 rings (SSSR count). The van der Waals surface area contributed by atoms with Crippen LogP contribution in [0.5, 0.6) is 0 Å². The third kappa shape index (κ3) is 1.79. The van der Waals surface area contributed by atoms with Crippen molar-refractivity contribution in [3.05, 3.63) is 60.9 Å². The Hall–Kier alpha value is -1.96. The summed E-state index contributed by atoms with van der Waals surface area (Å²) in [4.78, 5) is 8.94. The molecule has 0 bridgehead atoms. The molecule has 0 aliphatic heterocycles. The van der Waals surface area contributed by atoms with Gasteiger partial charge in [-0.25, -0.2) is 0 Å². The van der Waals surface area contributed by atoms with Gasteiger partial charge in [0.25, 0.3) is 0 Å². The Morgan fingerprint density at radius 2 is 1.63 bits per heavy atom. The van der Waals surface area contributed by atoms with Crippen molar-refractivity contribution in [2.24, 2.45) is 0 Å². The molecule has 2 nitrogen and oxygen atoms in total. The molecule has 4 aromatic rings. The van der Waals surface area contributed by atoms with E-state index in [4.69, 9.17) is 0 Å². The van der Waals surface area contributed by atoms with Gasteiger partial charge in [-0.05, 0) is 0 Å². The minimum atomic E-state index is 0.387. The Labute approximate surface area is 116 Å². The Morgan fingerprint density at radius 1 is 0.737 bits per heavy atom. The van der Waals surface area contributed by atoms with Gasteiger partial charge in [0.15, 0.2) is 0 Å². The van der Waals surface area contributed by atoms with E-state index in [1.54, 1.807) is 0 Å². The molecule has 0 atom stereocenters. The van der Waals surface area contributed by atoms with Crippen LogP contribution in [-0.4, -0.2) is 24.5 Å². The third-order valence-electron chi connectivity index (χ3n) is 3.19. The molecule has 1 aromatic carbocycles. The van der Waals surface area contributed by atoms with E-state index in [0.29, 0.717) is 14.5 Å². The maximum atomic E-state index is 4.57. The van der Waals surface area contributed by atoms with Crippen molar-refractivity contribution in [3.8, 4) is 11.4 Å². The number of rotatable bonds is 1. The average molecular weight is 309 g/mol. The number of benzene rings is 1. The van der Waals surface area contributed by atoms with Crippen LogP contribution in [0.15, 0.2) is 60.9 Å². The standard InChI is InChI=1S/C16H10N2Se/c1-2-7-15-11(5-1)12-10-18-14(9-16(12)19-15)13-6-3-4-8-17-13/h1-10H. The van der Waals surface area contributed by atoms with Crippen LogP contribution in [0.1, 0.15) is 0 Å². The maximum absolute atomic E-state index is 4.57. The molecule has 90 valence electrons. The zero-order valence-electron chi connectivity index (χ0n) is 10.1. The first-order valence-electron chi connectivity index (χ1n) is 6.10. The molecule has 3 heteroatoms. The second-order valence-corrected chi connectivity index (χ2v) is 6.65. The van der Waals surface area contributed by atoms with Crippen LogP contribution < -0.4 is 0 Å². The predicted octanol–water partition coefficient (Wildman–Crippen LogP) is 3.51. The van der Waals surface area contributed by atoms with Gasteiger partial charge in [-0.1, -0.05) is 0 Å². The summed E-state index contributed by atoms with van der Waals surface area (Å²) in [5, 5.41) is 2.63. The van der Waals surface area contributed by atoms with E-state index in [9.17, 15) is 0 Å². The van der Waals surface area contributed by atoms with Crippen LogP contribution in [0, 0.1) is 0 Å². The van der Waals surface area contributed by atoms with Crippen molar-refractivity contribution in [3.63, 3.8) is 0 Å². The summed E-state index contributed by atoms with van der Waals surface area (Å²) in [6.45, 7) is 0. The quantitative estimate of drug-likeness (QED) is 0.503. The Morgan fingerprint density at radius 3 is 2.53 bits per heavy atom. The van der Waals surface area contributed by atoms with Crippen molar-refractivity contribution in [1.82, 2.24) is 9.97 Å². The Bertz CT molecular complexity index is 866.